The summed E-state index contributed by atoms with van der Waals surface area (Å²) in [6, 6.07) is 8.94. The Bertz CT molecular complexity index is 708. The first kappa shape index (κ1) is 14.2. The van der Waals surface area contributed by atoms with Gasteiger partial charge in [0.15, 0.2) is 17.3 Å². The number of nitrogens with one attached hydrogen (secondary N) is 2. The Morgan fingerprint density at radius 1 is 1.32 bits per heavy atom. The first-order valence-corrected chi connectivity index (χ1v) is 6.99. The summed E-state index contributed by atoms with van der Waals surface area (Å²) in [6.45, 7) is 2.15. The number of Topliss-reactive ketones (excluding diaryl/α,β-unsaturated/α-hetero) is 1. The maximum Gasteiger partial charge on any atom is 0.267 e. The van der Waals surface area contributed by atoms with Crippen LogP contribution in [0.25, 0.3) is 0 Å². The number of hydrogen-bond donors (Lipinski definition) is 2. The van der Waals surface area contributed by atoms with Gasteiger partial charge in [-0.25, -0.2) is 0 Å². The van der Waals surface area contributed by atoms with Crippen molar-refractivity contribution in [3.8, 4) is 11.5 Å². The van der Waals surface area contributed by atoms with Gasteiger partial charge in [0.1, 0.15) is 18.4 Å². The van der Waals surface area contributed by atoms with E-state index in [-0.39, 0.29) is 17.8 Å². The molecule has 1 amide bonds. The second kappa shape index (κ2) is 5.93. The number of aromatic nitrogens is 1. The van der Waals surface area contributed by atoms with Crippen molar-refractivity contribution in [1.82, 2.24) is 10.3 Å². The second-order valence-electron chi connectivity index (χ2n) is 5.07. The molecule has 0 saturated carbocycles. The number of carbonyl (C=O) groups is 2. The van der Waals surface area contributed by atoms with Crippen molar-refractivity contribution in [2.75, 3.05) is 13.2 Å². The number of ketones is 1. The standard InChI is InChI=1S/C16H16N2O4/c1-10(19)11-6-13(17-7-11)16(20)18-8-12-9-21-14-4-2-3-5-15(14)22-12/h2-7,12,17H,8-9H2,1H3,(H,18,20). The van der Waals surface area contributed by atoms with Gasteiger partial charge in [-0.2, -0.15) is 0 Å². The molecule has 2 heterocycles. The average Bonchev–Trinajstić information content (AvgIpc) is 3.03. The predicted octanol–water partition coefficient (Wildman–Crippen LogP) is 1.79. The minimum Gasteiger partial charge on any atom is -0.486 e. The molecule has 0 aliphatic carbocycles. The minimum atomic E-state index is -0.282. The highest BCUT2D eigenvalue weighted by molar-refractivity contribution is 5.99. The molecule has 1 atom stereocenters. The fourth-order valence-electron chi connectivity index (χ4n) is 2.19. The van der Waals surface area contributed by atoms with E-state index in [4.69, 9.17) is 9.47 Å². The number of rotatable bonds is 4. The fourth-order valence-corrected chi connectivity index (χ4v) is 2.19. The molecule has 1 aromatic carbocycles. The SMILES string of the molecule is CC(=O)c1c[nH]c(C(=O)NCC2COc3ccccc3O2)c1. The summed E-state index contributed by atoms with van der Waals surface area (Å²) in [5.74, 6) is 1.01. The largest absolute Gasteiger partial charge is 0.486 e. The lowest BCUT2D eigenvalue weighted by Gasteiger charge is -2.26. The summed E-state index contributed by atoms with van der Waals surface area (Å²) in [6.07, 6.45) is 1.27. The summed E-state index contributed by atoms with van der Waals surface area (Å²) in [4.78, 5) is 26.0. The van der Waals surface area contributed by atoms with E-state index in [0.717, 1.165) is 0 Å². The third-order valence-electron chi connectivity index (χ3n) is 3.39. The van der Waals surface area contributed by atoms with Crippen LogP contribution in [0.5, 0.6) is 11.5 Å². The van der Waals surface area contributed by atoms with Crippen LogP contribution in [0.2, 0.25) is 0 Å². The van der Waals surface area contributed by atoms with E-state index in [1.807, 2.05) is 24.3 Å². The molecule has 0 saturated heterocycles. The number of aromatic amines is 1. The lowest BCUT2D eigenvalue weighted by molar-refractivity contribution is 0.0786. The number of fused-ring (bicyclic) bond motifs is 1. The Labute approximate surface area is 127 Å². The Kier molecular flexibility index (Phi) is 3.82. The molecule has 1 aliphatic heterocycles. The van der Waals surface area contributed by atoms with Crippen LogP contribution in [0.1, 0.15) is 27.8 Å². The van der Waals surface area contributed by atoms with Gasteiger partial charge in [0, 0.05) is 11.8 Å². The van der Waals surface area contributed by atoms with E-state index in [1.54, 1.807) is 0 Å². The van der Waals surface area contributed by atoms with Crippen molar-refractivity contribution < 1.29 is 19.1 Å². The zero-order chi connectivity index (χ0) is 15.5. The van der Waals surface area contributed by atoms with Gasteiger partial charge in [-0.3, -0.25) is 9.59 Å². The van der Waals surface area contributed by atoms with Gasteiger partial charge in [-0.05, 0) is 25.1 Å². The molecule has 1 aliphatic rings. The summed E-state index contributed by atoms with van der Waals surface area (Å²) >= 11 is 0. The number of amides is 1. The van der Waals surface area contributed by atoms with Gasteiger partial charge in [0.05, 0.1) is 6.54 Å². The topological polar surface area (TPSA) is 80.4 Å². The van der Waals surface area contributed by atoms with Crippen molar-refractivity contribution >= 4 is 11.7 Å². The van der Waals surface area contributed by atoms with Gasteiger partial charge in [0.2, 0.25) is 0 Å². The molecule has 0 radical (unpaired) electrons. The van der Waals surface area contributed by atoms with E-state index in [9.17, 15) is 9.59 Å². The van der Waals surface area contributed by atoms with Crippen molar-refractivity contribution in [2.24, 2.45) is 0 Å². The Morgan fingerprint density at radius 2 is 2.09 bits per heavy atom. The zero-order valence-corrected chi connectivity index (χ0v) is 12.1. The van der Waals surface area contributed by atoms with Gasteiger partial charge in [-0.15, -0.1) is 0 Å². The van der Waals surface area contributed by atoms with Gasteiger partial charge < -0.3 is 19.8 Å². The summed E-state index contributed by atoms with van der Waals surface area (Å²) in [5.41, 5.74) is 0.832. The van der Waals surface area contributed by atoms with Gasteiger partial charge >= 0.3 is 0 Å². The highest BCUT2D eigenvalue weighted by atomic mass is 16.6. The maximum absolute atomic E-state index is 12.0. The number of para-hydroxylation sites is 2. The molecule has 6 heteroatoms. The molecule has 2 N–H and O–H groups in total. The van der Waals surface area contributed by atoms with Gasteiger partial charge in [0.25, 0.3) is 5.91 Å². The summed E-state index contributed by atoms with van der Waals surface area (Å²) in [5, 5.41) is 2.77. The first-order chi connectivity index (χ1) is 10.6. The monoisotopic (exact) mass is 300 g/mol. The van der Waals surface area contributed by atoms with E-state index in [0.29, 0.717) is 35.9 Å². The molecule has 0 bridgehead atoms. The number of H-pyrrole nitrogens is 1. The number of hydrogen-bond acceptors (Lipinski definition) is 4. The van der Waals surface area contributed by atoms with Crippen LogP contribution in [-0.2, 0) is 0 Å². The number of carbonyl (C=O) groups excluding carboxylic acids is 2. The zero-order valence-electron chi connectivity index (χ0n) is 12.1. The first-order valence-electron chi connectivity index (χ1n) is 6.99. The molecular formula is C16H16N2O4. The van der Waals surface area contributed by atoms with E-state index in [2.05, 4.69) is 10.3 Å². The lowest BCUT2D eigenvalue weighted by Crippen LogP contribution is -2.40. The molecular weight excluding hydrogens is 284 g/mol. The smallest absolute Gasteiger partial charge is 0.267 e. The molecule has 0 fully saturated rings. The molecule has 0 spiro atoms. The summed E-state index contributed by atoms with van der Waals surface area (Å²) in [7, 11) is 0. The fraction of sp³-hybridized carbons (Fsp3) is 0.250. The van der Waals surface area contributed by atoms with Crippen LogP contribution >= 0.6 is 0 Å². The molecule has 1 aromatic heterocycles. The van der Waals surface area contributed by atoms with Crippen molar-refractivity contribution in [3.05, 3.63) is 47.8 Å². The highest BCUT2D eigenvalue weighted by Gasteiger charge is 2.21. The average molecular weight is 300 g/mol. The van der Waals surface area contributed by atoms with Crippen LogP contribution in [-0.4, -0.2) is 35.9 Å². The Morgan fingerprint density at radius 3 is 2.82 bits per heavy atom. The minimum absolute atomic E-state index is 0.0871. The number of benzene rings is 1. The van der Waals surface area contributed by atoms with Gasteiger partial charge in [-0.1, -0.05) is 12.1 Å². The molecule has 114 valence electrons. The van der Waals surface area contributed by atoms with Crippen LogP contribution in [0, 0.1) is 0 Å². The summed E-state index contributed by atoms with van der Waals surface area (Å²) < 4.78 is 11.3. The van der Waals surface area contributed by atoms with Crippen LogP contribution < -0.4 is 14.8 Å². The molecule has 3 rings (SSSR count). The third-order valence-corrected chi connectivity index (χ3v) is 3.39. The molecule has 22 heavy (non-hydrogen) atoms. The molecule has 1 unspecified atom stereocenters. The predicted molar refractivity (Wildman–Crippen MR) is 79.5 cm³/mol. The molecule has 6 nitrogen and oxygen atoms in total. The highest BCUT2D eigenvalue weighted by Crippen LogP contribution is 2.30. The Hall–Kier alpha value is -2.76. The van der Waals surface area contributed by atoms with Crippen LogP contribution in [0.3, 0.4) is 0 Å². The maximum atomic E-state index is 12.0. The van der Waals surface area contributed by atoms with E-state index < -0.39 is 0 Å². The van der Waals surface area contributed by atoms with Crippen LogP contribution in [0.15, 0.2) is 36.5 Å². The van der Waals surface area contributed by atoms with Crippen molar-refractivity contribution in [2.45, 2.75) is 13.0 Å². The third kappa shape index (κ3) is 2.95. The van der Waals surface area contributed by atoms with Crippen molar-refractivity contribution in [3.63, 3.8) is 0 Å². The Balaban J connectivity index is 1.56. The quantitative estimate of drug-likeness (QED) is 0.844. The molecule has 2 aromatic rings. The van der Waals surface area contributed by atoms with Crippen LogP contribution in [0.4, 0.5) is 0 Å². The number of ether oxygens (including phenoxy) is 2. The second-order valence-corrected chi connectivity index (χ2v) is 5.07. The normalized spacial score (nSPS) is 16.1. The lowest BCUT2D eigenvalue weighted by atomic mass is 10.2. The van der Waals surface area contributed by atoms with E-state index >= 15 is 0 Å². The van der Waals surface area contributed by atoms with E-state index in [1.165, 1.54) is 19.2 Å². The van der Waals surface area contributed by atoms with Crippen molar-refractivity contribution in [1.29, 1.82) is 0 Å².